The zero-order chi connectivity index (χ0) is 15.4. The third kappa shape index (κ3) is 3.85. The minimum absolute atomic E-state index is 0.0801. The topological polar surface area (TPSA) is 57.8 Å². The molecule has 0 aliphatic rings. The lowest BCUT2D eigenvalue weighted by Gasteiger charge is -2.12. The summed E-state index contributed by atoms with van der Waals surface area (Å²) >= 11 is 1.40. The average Bonchev–Trinajstić information content (AvgIpc) is 2.77. The number of hydrogen-bond acceptors (Lipinski definition) is 3. The van der Waals surface area contributed by atoms with Crippen molar-refractivity contribution in [1.82, 2.24) is 10.2 Å². The zero-order valence-electron chi connectivity index (χ0n) is 12.2. The molecule has 0 unspecified atom stereocenters. The predicted molar refractivity (Wildman–Crippen MR) is 84.0 cm³/mol. The van der Waals surface area contributed by atoms with Gasteiger partial charge in [0.05, 0.1) is 22.8 Å². The molecule has 1 aromatic carbocycles. The molecule has 0 radical (unpaired) electrons. The van der Waals surface area contributed by atoms with Gasteiger partial charge >= 0.3 is 0 Å². The van der Waals surface area contributed by atoms with Gasteiger partial charge in [-0.25, -0.2) is 4.39 Å². The summed E-state index contributed by atoms with van der Waals surface area (Å²) in [4.78, 5) is 12.0. The Morgan fingerprint density at radius 1 is 1.43 bits per heavy atom. The van der Waals surface area contributed by atoms with Gasteiger partial charge in [-0.15, -0.1) is 11.8 Å². The fourth-order valence-corrected chi connectivity index (χ4v) is 2.85. The molecule has 4 nitrogen and oxygen atoms in total. The molecule has 1 amide bonds. The summed E-state index contributed by atoms with van der Waals surface area (Å²) in [5, 5.41) is 9.60. The molecule has 112 valence electrons. The largest absolute Gasteiger partial charge is 0.322 e. The van der Waals surface area contributed by atoms with Gasteiger partial charge in [-0.3, -0.25) is 9.89 Å². The summed E-state index contributed by atoms with van der Waals surface area (Å²) in [5.74, 6) is -0.0882. The number of H-pyrrole nitrogens is 1. The number of carbonyl (C=O) groups excluding carboxylic acids is 1. The van der Waals surface area contributed by atoms with Gasteiger partial charge in [-0.1, -0.05) is 18.2 Å². The molecule has 0 fully saturated rings. The molecule has 2 rings (SSSR count). The van der Waals surface area contributed by atoms with E-state index >= 15 is 0 Å². The molecule has 0 aliphatic heterocycles. The van der Waals surface area contributed by atoms with Gasteiger partial charge in [0, 0.05) is 10.8 Å². The van der Waals surface area contributed by atoms with Crippen molar-refractivity contribution in [3.8, 4) is 0 Å². The highest BCUT2D eigenvalue weighted by molar-refractivity contribution is 8.00. The van der Waals surface area contributed by atoms with Crippen LogP contribution in [0.25, 0.3) is 0 Å². The van der Waals surface area contributed by atoms with Gasteiger partial charge in [-0.05, 0) is 26.8 Å². The van der Waals surface area contributed by atoms with E-state index in [1.165, 1.54) is 17.8 Å². The standard InChI is InChI=1S/C15H18FN3OS/c1-9-15(10(2)19-18-9)17-14(20)8-21-11(3)12-6-4-5-7-13(12)16/h4-7,11H,8H2,1-3H3,(H,17,20)(H,18,19)/t11-/m0/s1. The van der Waals surface area contributed by atoms with Crippen LogP contribution in [0.2, 0.25) is 0 Å². The molecule has 0 saturated carbocycles. The SMILES string of the molecule is Cc1n[nH]c(C)c1NC(=O)CS[C@@H](C)c1ccccc1F. The van der Waals surface area contributed by atoms with Crippen molar-refractivity contribution in [2.75, 3.05) is 11.1 Å². The lowest BCUT2D eigenvalue weighted by atomic mass is 10.1. The third-order valence-electron chi connectivity index (χ3n) is 3.20. The van der Waals surface area contributed by atoms with E-state index in [4.69, 9.17) is 0 Å². The number of hydrogen-bond donors (Lipinski definition) is 2. The van der Waals surface area contributed by atoms with Crippen LogP contribution in [-0.2, 0) is 4.79 Å². The number of aromatic nitrogens is 2. The van der Waals surface area contributed by atoms with Crippen LogP contribution in [0.4, 0.5) is 10.1 Å². The summed E-state index contributed by atoms with van der Waals surface area (Å²) < 4.78 is 13.6. The Morgan fingerprint density at radius 2 is 2.14 bits per heavy atom. The highest BCUT2D eigenvalue weighted by Crippen LogP contribution is 2.30. The molecule has 0 aliphatic carbocycles. The first kappa shape index (κ1) is 15.6. The van der Waals surface area contributed by atoms with Crippen LogP contribution in [0.15, 0.2) is 24.3 Å². The van der Waals surface area contributed by atoms with Crippen molar-refractivity contribution in [2.24, 2.45) is 0 Å². The molecule has 2 aromatic rings. The van der Waals surface area contributed by atoms with E-state index in [-0.39, 0.29) is 22.7 Å². The molecule has 6 heteroatoms. The minimum Gasteiger partial charge on any atom is -0.322 e. The fourth-order valence-electron chi connectivity index (χ4n) is 2.01. The molecule has 1 heterocycles. The number of nitrogens with one attached hydrogen (secondary N) is 2. The van der Waals surface area contributed by atoms with Crippen LogP contribution >= 0.6 is 11.8 Å². The van der Waals surface area contributed by atoms with E-state index in [2.05, 4.69) is 15.5 Å². The van der Waals surface area contributed by atoms with Gasteiger partial charge in [0.1, 0.15) is 5.82 Å². The number of aryl methyl sites for hydroxylation is 2. The quantitative estimate of drug-likeness (QED) is 0.887. The summed E-state index contributed by atoms with van der Waals surface area (Å²) in [6.07, 6.45) is 0. The number of carbonyl (C=O) groups is 1. The summed E-state index contributed by atoms with van der Waals surface area (Å²) in [6.45, 7) is 5.57. The normalized spacial score (nSPS) is 12.2. The van der Waals surface area contributed by atoms with Crippen LogP contribution in [-0.4, -0.2) is 21.9 Å². The smallest absolute Gasteiger partial charge is 0.234 e. The molecule has 0 bridgehead atoms. The van der Waals surface area contributed by atoms with Gasteiger partial charge < -0.3 is 5.32 Å². The second-order valence-corrected chi connectivity index (χ2v) is 6.16. The first-order valence-corrected chi connectivity index (χ1v) is 7.71. The Balaban J connectivity index is 1.91. The number of benzene rings is 1. The van der Waals surface area contributed by atoms with E-state index in [0.717, 1.165) is 17.1 Å². The van der Waals surface area contributed by atoms with E-state index in [1.54, 1.807) is 18.2 Å². The lowest BCUT2D eigenvalue weighted by Crippen LogP contribution is -2.15. The number of amides is 1. The Hall–Kier alpha value is -1.82. The van der Waals surface area contributed by atoms with Crippen molar-refractivity contribution >= 4 is 23.4 Å². The van der Waals surface area contributed by atoms with E-state index in [1.807, 2.05) is 20.8 Å². The third-order valence-corrected chi connectivity index (χ3v) is 4.38. The maximum absolute atomic E-state index is 13.6. The van der Waals surface area contributed by atoms with Gasteiger partial charge in [0.15, 0.2) is 0 Å². The van der Waals surface area contributed by atoms with Crippen molar-refractivity contribution in [1.29, 1.82) is 0 Å². The Labute approximate surface area is 127 Å². The van der Waals surface area contributed by atoms with Crippen molar-refractivity contribution < 1.29 is 9.18 Å². The van der Waals surface area contributed by atoms with Gasteiger partial charge in [0.2, 0.25) is 5.91 Å². The van der Waals surface area contributed by atoms with E-state index in [9.17, 15) is 9.18 Å². The highest BCUT2D eigenvalue weighted by Gasteiger charge is 2.14. The predicted octanol–water partition coefficient (Wildman–Crippen LogP) is 3.60. The Kier molecular flexibility index (Phi) is 5.01. The van der Waals surface area contributed by atoms with Crippen LogP contribution in [0, 0.1) is 19.7 Å². The van der Waals surface area contributed by atoms with Crippen LogP contribution in [0.3, 0.4) is 0 Å². The second-order valence-electron chi connectivity index (χ2n) is 4.83. The van der Waals surface area contributed by atoms with Gasteiger partial charge in [0.25, 0.3) is 0 Å². The number of nitrogens with zero attached hydrogens (tertiary/aromatic N) is 1. The molecule has 2 N–H and O–H groups in total. The maximum Gasteiger partial charge on any atom is 0.234 e. The summed E-state index contributed by atoms with van der Waals surface area (Å²) in [5.41, 5.74) is 2.92. The molecule has 0 saturated heterocycles. The summed E-state index contributed by atoms with van der Waals surface area (Å²) in [6, 6.07) is 6.64. The molecule has 21 heavy (non-hydrogen) atoms. The van der Waals surface area contributed by atoms with Gasteiger partial charge in [-0.2, -0.15) is 5.10 Å². The molecular formula is C15H18FN3OS. The number of halogens is 1. The summed E-state index contributed by atoms with van der Waals surface area (Å²) in [7, 11) is 0. The number of rotatable bonds is 5. The van der Waals surface area contributed by atoms with Crippen LogP contribution < -0.4 is 5.32 Å². The Morgan fingerprint density at radius 3 is 2.76 bits per heavy atom. The minimum atomic E-state index is -0.237. The average molecular weight is 307 g/mol. The zero-order valence-corrected chi connectivity index (χ0v) is 13.1. The van der Waals surface area contributed by atoms with Crippen molar-refractivity contribution in [2.45, 2.75) is 26.0 Å². The Bertz CT molecular complexity index is 622. The highest BCUT2D eigenvalue weighted by atomic mass is 32.2. The second kappa shape index (κ2) is 6.76. The first-order valence-electron chi connectivity index (χ1n) is 6.66. The number of thioether (sulfide) groups is 1. The fraction of sp³-hybridized carbons (Fsp3) is 0.333. The van der Waals surface area contributed by atoms with E-state index < -0.39 is 0 Å². The lowest BCUT2D eigenvalue weighted by molar-refractivity contribution is -0.113. The first-order chi connectivity index (χ1) is 9.99. The molecule has 1 atom stereocenters. The monoisotopic (exact) mass is 307 g/mol. The molecule has 0 spiro atoms. The van der Waals surface area contributed by atoms with Crippen LogP contribution in [0.1, 0.15) is 29.1 Å². The van der Waals surface area contributed by atoms with Crippen molar-refractivity contribution in [3.63, 3.8) is 0 Å². The van der Waals surface area contributed by atoms with E-state index in [0.29, 0.717) is 5.56 Å². The number of anilines is 1. The number of aromatic amines is 1. The maximum atomic E-state index is 13.6. The molecular weight excluding hydrogens is 289 g/mol. The van der Waals surface area contributed by atoms with Crippen LogP contribution in [0.5, 0.6) is 0 Å². The van der Waals surface area contributed by atoms with Crippen molar-refractivity contribution in [3.05, 3.63) is 47.0 Å². The molecule has 1 aromatic heterocycles.